The van der Waals surface area contributed by atoms with Crippen LogP contribution < -0.4 is 5.32 Å². The minimum atomic E-state index is -4.21. The van der Waals surface area contributed by atoms with Crippen LogP contribution in [0.1, 0.15) is 25.6 Å². The van der Waals surface area contributed by atoms with Gasteiger partial charge in [-0.15, -0.1) is 0 Å². The van der Waals surface area contributed by atoms with Crippen LogP contribution >= 0.6 is 0 Å². The number of aromatic nitrogens is 1. The Morgan fingerprint density at radius 2 is 2.00 bits per heavy atom. The van der Waals surface area contributed by atoms with E-state index in [1.54, 1.807) is 6.07 Å². The molecule has 0 aliphatic carbocycles. The first-order valence-electron chi connectivity index (χ1n) is 6.83. The lowest BCUT2D eigenvalue weighted by atomic mass is 9.97. The Labute approximate surface area is 122 Å². The average Bonchev–Trinajstić information content (AvgIpc) is 2.34. The van der Waals surface area contributed by atoms with E-state index < -0.39 is 18.5 Å². The molecule has 2 atom stereocenters. The van der Waals surface area contributed by atoms with E-state index in [4.69, 9.17) is 0 Å². The van der Waals surface area contributed by atoms with Crippen LogP contribution in [0.15, 0.2) is 18.3 Å². The molecule has 1 N–H and O–H groups in total. The van der Waals surface area contributed by atoms with Gasteiger partial charge >= 0.3 is 6.18 Å². The van der Waals surface area contributed by atoms with Crippen LogP contribution in [0, 0.1) is 11.7 Å². The lowest BCUT2D eigenvalue weighted by Crippen LogP contribution is -2.38. The highest BCUT2D eigenvalue weighted by Gasteiger charge is 2.30. The van der Waals surface area contributed by atoms with Crippen LogP contribution in [-0.2, 0) is 0 Å². The predicted octanol–water partition coefficient (Wildman–Crippen LogP) is 3.00. The number of hydrogen-bond donors (Lipinski definition) is 1. The molecule has 1 heterocycles. The third-order valence-electron chi connectivity index (χ3n) is 3.11. The summed E-state index contributed by atoms with van der Waals surface area (Å²) in [6, 6.07) is 2.65. The third kappa shape index (κ3) is 6.39. The van der Waals surface area contributed by atoms with Gasteiger partial charge in [-0.2, -0.15) is 13.2 Å². The minimum Gasteiger partial charge on any atom is -0.309 e. The van der Waals surface area contributed by atoms with Crippen LogP contribution in [0.25, 0.3) is 0 Å². The molecular formula is C14H21F4N3. The first-order chi connectivity index (χ1) is 9.73. The number of hydrogen-bond acceptors (Lipinski definition) is 3. The number of pyridine rings is 1. The van der Waals surface area contributed by atoms with E-state index >= 15 is 0 Å². The summed E-state index contributed by atoms with van der Waals surface area (Å²) in [7, 11) is 1.44. The van der Waals surface area contributed by atoms with Crippen molar-refractivity contribution in [3.8, 4) is 0 Å². The second-order valence-electron chi connectivity index (χ2n) is 5.23. The normalized spacial score (nSPS) is 15.2. The summed E-state index contributed by atoms with van der Waals surface area (Å²) < 4.78 is 50.0. The maximum absolute atomic E-state index is 12.9. The summed E-state index contributed by atoms with van der Waals surface area (Å²) in [5.41, 5.74) is 0.631. The van der Waals surface area contributed by atoms with Crippen molar-refractivity contribution in [3.63, 3.8) is 0 Å². The summed E-state index contributed by atoms with van der Waals surface area (Å²) in [5, 5.41) is 3.19. The van der Waals surface area contributed by atoms with Crippen molar-refractivity contribution < 1.29 is 17.6 Å². The molecule has 0 aliphatic rings. The standard InChI is InChI=1S/C14H21F4N3/c1-4-19-13(12-6-5-11(15)7-20-12)10(2)8-21(3)9-14(16,17)18/h5-7,10,13,19H,4,8-9H2,1-3H3. The molecule has 7 heteroatoms. The lowest BCUT2D eigenvalue weighted by molar-refractivity contribution is -0.144. The fraction of sp³-hybridized carbons (Fsp3) is 0.643. The van der Waals surface area contributed by atoms with Crippen molar-refractivity contribution in [1.82, 2.24) is 15.2 Å². The summed E-state index contributed by atoms with van der Waals surface area (Å²) in [4.78, 5) is 5.26. The smallest absolute Gasteiger partial charge is 0.309 e. The molecule has 0 saturated heterocycles. The van der Waals surface area contributed by atoms with Gasteiger partial charge in [0.2, 0.25) is 0 Å². The van der Waals surface area contributed by atoms with Crippen LogP contribution in [0.2, 0.25) is 0 Å². The van der Waals surface area contributed by atoms with E-state index in [1.807, 2.05) is 13.8 Å². The number of halogens is 4. The van der Waals surface area contributed by atoms with Crippen molar-refractivity contribution in [2.24, 2.45) is 5.92 Å². The highest BCUT2D eigenvalue weighted by molar-refractivity contribution is 5.11. The molecule has 1 aromatic rings. The number of nitrogens with zero attached hydrogens (tertiary/aromatic N) is 2. The molecule has 0 saturated carbocycles. The van der Waals surface area contributed by atoms with E-state index in [0.29, 0.717) is 12.2 Å². The molecule has 0 radical (unpaired) electrons. The van der Waals surface area contributed by atoms with Gasteiger partial charge in [-0.25, -0.2) is 4.39 Å². The summed E-state index contributed by atoms with van der Waals surface area (Å²) in [6.45, 7) is 3.72. The zero-order valence-electron chi connectivity index (χ0n) is 12.4. The monoisotopic (exact) mass is 307 g/mol. The molecule has 0 aromatic carbocycles. The van der Waals surface area contributed by atoms with Gasteiger partial charge in [0.05, 0.1) is 24.5 Å². The van der Waals surface area contributed by atoms with Gasteiger partial charge in [-0.1, -0.05) is 13.8 Å². The Morgan fingerprint density at radius 1 is 1.33 bits per heavy atom. The minimum absolute atomic E-state index is 0.102. The Hall–Kier alpha value is -1.21. The van der Waals surface area contributed by atoms with E-state index in [9.17, 15) is 17.6 Å². The van der Waals surface area contributed by atoms with E-state index in [-0.39, 0.29) is 18.5 Å². The molecule has 1 aromatic heterocycles. The van der Waals surface area contributed by atoms with E-state index in [0.717, 1.165) is 6.20 Å². The SMILES string of the molecule is CCNC(c1ccc(F)cn1)C(C)CN(C)CC(F)(F)F. The molecule has 2 unspecified atom stereocenters. The third-order valence-corrected chi connectivity index (χ3v) is 3.11. The second-order valence-corrected chi connectivity index (χ2v) is 5.23. The quantitative estimate of drug-likeness (QED) is 0.785. The molecule has 120 valence electrons. The van der Waals surface area contributed by atoms with Crippen molar-refractivity contribution in [1.29, 1.82) is 0 Å². The zero-order chi connectivity index (χ0) is 16.0. The lowest BCUT2D eigenvalue weighted by Gasteiger charge is -2.28. The Kier molecular flexibility index (Phi) is 6.54. The number of alkyl halides is 3. The molecule has 0 fully saturated rings. The van der Waals surface area contributed by atoms with E-state index in [1.165, 1.54) is 18.0 Å². The van der Waals surface area contributed by atoms with Gasteiger partial charge in [0.25, 0.3) is 0 Å². The fourth-order valence-electron chi connectivity index (χ4n) is 2.36. The molecule has 21 heavy (non-hydrogen) atoms. The van der Waals surface area contributed by atoms with Gasteiger partial charge in [0.15, 0.2) is 0 Å². The Bertz CT molecular complexity index is 419. The highest BCUT2D eigenvalue weighted by Crippen LogP contribution is 2.23. The van der Waals surface area contributed by atoms with Gasteiger partial charge in [0.1, 0.15) is 5.82 Å². The molecule has 0 spiro atoms. The number of rotatable bonds is 7. The van der Waals surface area contributed by atoms with Gasteiger partial charge in [-0.05, 0) is 31.6 Å². The van der Waals surface area contributed by atoms with E-state index in [2.05, 4.69) is 10.3 Å². The maximum atomic E-state index is 12.9. The summed E-state index contributed by atoms with van der Waals surface area (Å²) in [5.74, 6) is -0.536. The Balaban J connectivity index is 2.73. The molecular weight excluding hydrogens is 286 g/mol. The average molecular weight is 307 g/mol. The topological polar surface area (TPSA) is 28.2 Å². The van der Waals surface area contributed by atoms with Gasteiger partial charge in [-0.3, -0.25) is 9.88 Å². The molecule has 1 rings (SSSR count). The van der Waals surface area contributed by atoms with Crippen LogP contribution in [0.3, 0.4) is 0 Å². The Morgan fingerprint density at radius 3 is 2.48 bits per heavy atom. The summed E-state index contributed by atoms with van der Waals surface area (Å²) in [6.07, 6.45) is -3.10. The fourth-order valence-corrected chi connectivity index (χ4v) is 2.36. The highest BCUT2D eigenvalue weighted by atomic mass is 19.4. The van der Waals surface area contributed by atoms with Crippen LogP contribution in [0.4, 0.5) is 17.6 Å². The van der Waals surface area contributed by atoms with Crippen molar-refractivity contribution in [3.05, 3.63) is 29.8 Å². The zero-order valence-corrected chi connectivity index (χ0v) is 12.4. The number of nitrogens with one attached hydrogen (secondary N) is 1. The second kappa shape index (κ2) is 7.70. The molecule has 3 nitrogen and oxygen atoms in total. The first-order valence-corrected chi connectivity index (χ1v) is 6.83. The van der Waals surface area contributed by atoms with Crippen LogP contribution in [0.5, 0.6) is 0 Å². The first kappa shape index (κ1) is 17.8. The van der Waals surface area contributed by atoms with Gasteiger partial charge < -0.3 is 5.32 Å². The maximum Gasteiger partial charge on any atom is 0.401 e. The van der Waals surface area contributed by atoms with Crippen molar-refractivity contribution in [2.75, 3.05) is 26.7 Å². The van der Waals surface area contributed by atoms with Crippen LogP contribution in [-0.4, -0.2) is 42.7 Å². The molecule has 0 amide bonds. The van der Waals surface area contributed by atoms with Gasteiger partial charge in [0, 0.05) is 6.54 Å². The molecule has 0 bridgehead atoms. The van der Waals surface area contributed by atoms with Crippen molar-refractivity contribution >= 4 is 0 Å². The van der Waals surface area contributed by atoms with Crippen molar-refractivity contribution in [2.45, 2.75) is 26.1 Å². The summed E-state index contributed by atoms with van der Waals surface area (Å²) >= 11 is 0. The predicted molar refractivity (Wildman–Crippen MR) is 73.3 cm³/mol. The molecule has 0 aliphatic heterocycles. The largest absolute Gasteiger partial charge is 0.401 e.